The zero-order valence-corrected chi connectivity index (χ0v) is 14.2. The van der Waals surface area contributed by atoms with Gasteiger partial charge in [-0.2, -0.15) is 0 Å². The molecule has 3 rings (SSSR count). The Morgan fingerprint density at radius 1 is 1.31 bits per heavy atom. The van der Waals surface area contributed by atoms with E-state index < -0.39 is 17.2 Å². The zero-order chi connectivity index (χ0) is 18.7. The van der Waals surface area contributed by atoms with Gasteiger partial charge in [0, 0.05) is 0 Å². The average Bonchev–Trinajstić information content (AvgIpc) is 2.63. The molecule has 0 amide bonds. The summed E-state index contributed by atoms with van der Waals surface area (Å²) in [6.45, 7) is 5.42. The van der Waals surface area contributed by atoms with Gasteiger partial charge < -0.3 is 4.74 Å². The number of nitrogens with one attached hydrogen (secondary N) is 1. The van der Waals surface area contributed by atoms with Crippen LogP contribution in [-0.4, -0.2) is 27.1 Å². The standard InChI is InChI=1S/C19H17N3O4/c1-3-9-26-18(24)14-10-15-16(20-12(14)2)22(19(25)21-17(15)23)11-13-7-5-4-6-8-13/h3-8,10H,1,9,11H2,2H3,(H,21,23,25). The largest absolute Gasteiger partial charge is 0.458 e. The Labute approximate surface area is 148 Å². The van der Waals surface area contributed by atoms with E-state index in [9.17, 15) is 14.4 Å². The highest BCUT2D eigenvalue weighted by atomic mass is 16.5. The molecule has 7 heteroatoms. The molecule has 0 fully saturated rings. The Morgan fingerprint density at radius 3 is 2.73 bits per heavy atom. The van der Waals surface area contributed by atoms with Crippen molar-refractivity contribution >= 4 is 17.0 Å². The van der Waals surface area contributed by atoms with Crippen LogP contribution in [0.1, 0.15) is 21.6 Å². The molecule has 0 aliphatic carbocycles. The maximum Gasteiger partial charge on any atom is 0.340 e. The highest BCUT2D eigenvalue weighted by Crippen LogP contribution is 2.14. The second kappa shape index (κ2) is 7.18. The lowest BCUT2D eigenvalue weighted by Gasteiger charge is -2.11. The van der Waals surface area contributed by atoms with Gasteiger partial charge >= 0.3 is 11.7 Å². The molecule has 7 nitrogen and oxygen atoms in total. The fourth-order valence-electron chi connectivity index (χ4n) is 2.63. The van der Waals surface area contributed by atoms with Crippen LogP contribution >= 0.6 is 0 Å². The third-order valence-corrected chi connectivity index (χ3v) is 3.89. The summed E-state index contributed by atoms with van der Waals surface area (Å²) in [6, 6.07) is 10.7. The number of pyridine rings is 1. The van der Waals surface area contributed by atoms with Crippen molar-refractivity contribution in [3.8, 4) is 0 Å². The molecule has 3 aromatic rings. The number of carbonyl (C=O) groups is 1. The van der Waals surface area contributed by atoms with Gasteiger partial charge in [0.15, 0.2) is 0 Å². The fourth-order valence-corrected chi connectivity index (χ4v) is 2.63. The Morgan fingerprint density at radius 2 is 2.04 bits per heavy atom. The SMILES string of the molecule is C=CCOC(=O)c1cc2c(=O)[nH]c(=O)n(Cc3ccccc3)c2nc1C. The van der Waals surface area contributed by atoms with Crippen molar-refractivity contribution < 1.29 is 9.53 Å². The Kier molecular flexibility index (Phi) is 4.79. The van der Waals surface area contributed by atoms with Crippen LogP contribution in [0.5, 0.6) is 0 Å². The molecule has 0 spiro atoms. The number of nitrogens with zero attached hydrogens (tertiary/aromatic N) is 2. The fraction of sp³-hybridized carbons (Fsp3) is 0.158. The summed E-state index contributed by atoms with van der Waals surface area (Å²) in [7, 11) is 0. The summed E-state index contributed by atoms with van der Waals surface area (Å²) >= 11 is 0. The summed E-state index contributed by atoms with van der Waals surface area (Å²) < 4.78 is 6.39. The number of fused-ring (bicyclic) bond motifs is 1. The van der Waals surface area contributed by atoms with E-state index in [0.29, 0.717) is 5.69 Å². The monoisotopic (exact) mass is 351 g/mol. The van der Waals surface area contributed by atoms with Crippen LogP contribution in [0.3, 0.4) is 0 Å². The van der Waals surface area contributed by atoms with Crippen LogP contribution in [0.4, 0.5) is 0 Å². The molecular weight excluding hydrogens is 334 g/mol. The van der Waals surface area contributed by atoms with Crippen LogP contribution in [-0.2, 0) is 11.3 Å². The number of ether oxygens (including phenoxy) is 1. The van der Waals surface area contributed by atoms with E-state index >= 15 is 0 Å². The van der Waals surface area contributed by atoms with E-state index in [1.54, 1.807) is 6.92 Å². The molecule has 0 aliphatic rings. The number of benzene rings is 1. The van der Waals surface area contributed by atoms with Crippen LogP contribution in [0.2, 0.25) is 0 Å². The molecule has 2 aromatic heterocycles. The lowest BCUT2D eigenvalue weighted by molar-refractivity contribution is 0.0548. The Balaban J connectivity index is 2.17. The maximum absolute atomic E-state index is 12.3. The van der Waals surface area contributed by atoms with Gasteiger partial charge in [0.1, 0.15) is 12.3 Å². The number of hydrogen-bond donors (Lipinski definition) is 1. The van der Waals surface area contributed by atoms with Gasteiger partial charge in [-0.3, -0.25) is 14.3 Å². The van der Waals surface area contributed by atoms with Crippen molar-refractivity contribution in [1.82, 2.24) is 14.5 Å². The lowest BCUT2D eigenvalue weighted by Crippen LogP contribution is -2.31. The third kappa shape index (κ3) is 3.32. The highest BCUT2D eigenvalue weighted by Gasteiger charge is 2.17. The normalized spacial score (nSPS) is 10.7. The number of hydrogen-bond acceptors (Lipinski definition) is 5. The second-order valence-electron chi connectivity index (χ2n) is 5.71. The summed E-state index contributed by atoms with van der Waals surface area (Å²) in [5.41, 5.74) is 0.505. The minimum absolute atomic E-state index is 0.0557. The lowest BCUT2D eigenvalue weighted by atomic mass is 10.1. The van der Waals surface area contributed by atoms with Gasteiger partial charge in [-0.15, -0.1) is 0 Å². The van der Waals surface area contributed by atoms with Gasteiger partial charge in [0.25, 0.3) is 5.56 Å². The quantitative estimate of drug-likeness (QED) is 0.559. The maximum atomic E-state index is 12.3. The summed E-state index contributed by atoms with van der Waals surface area (Å²) in [6.07, 6.45) is 1.45. The van der Waals surface area contributed by atoms with Crippen molar-refractivity contribution in [3.63, 3.8) is 0 Å². The number of carbonyl (C=O) groups excluding carboxylic acids is 1. The molecule has 0 radical (unpaired) electrons. The minimum atomic E-state index is -0.600. The predicted octanol–water partition coefficient (Wildman–Crippen LogP) is 1.78. The van der Waals surface area contributed by atoms with Crippen LogP contribution in [0, 0.1) is 6.92 Å². The summed E-state index contributed by atoms with van der Waals surface area (Å²) in [5, 5.41) is 0.150. The number of aromatic nitrogens is 3. The van der Waals surface area contributed by atoms with Crippen molar-refractivity contribution in [1.29, 1.82) is 0 Å². The predicted molar refractivity (Wildman–Crippen MR) is 97.4 cm³/mol. The van der Waals surface area contributed by atoms with E-state index in [1.807, 2.05) is 30.3 Å². The average molecular weight is 351 g/mol. The van der Waals surface area contributed by atoms with Gasteiger partial charge in [-0.05, 0) is 18.6 Å². The summed E-state index contributed by atoms with van der Waals surface area (Å²) in [4.78, 5) is 43.3. The first-order valence-electron chi connectivity index (χ1n) is 7.97. The number of aryl methyl sites for hydroxylation is 1. The molecule has 2 heterocycles. The molecule has 1 N–H and O–H groups in total. The van der Waals surface area contributed by atoms with Crippen LogP contribution < -0.4 is 11.2 Å². The topological polar surface area (TPSA) is 94.0 Å². The van der Waals surface area contributed by atoms with Gasteiger partial charge in [0.05, 0.1) is 23.2 Å². The molecule has 0 aliphatic heterocycles. The van der Waals surface area contributed by atoms with Crippen LogP contribution in [0.15, 0.2) is 58.6 Å². The smallest absolute Gasteiger partial charge is 0.340 e. The zero-order valence-electron chi connectivity index (χ0n) is 14.2. The van der Waals surface area contributed by atoms with Gasteiger partial charge in [-0.25, -0.2) is 14.6 Å². The molecule has 0 atom stereocenters. The molecule has 0 unspecified atom stereocenters. The molecule has 1 aromatic carbocycles. The molecule has 0 saturated carbocycles. The van der Waals surface area contributed by atoms with Crippen molar-refractivity contribution in [2.24, 2.45) is 0 Å². The molecule has 132 valence electrons. The number of esters is 1. The van der Waals surface area contributed by atoms with E-state index in [1.165, 1.54) is 16.7 Å². The summed E-state index contributed by atoms with van der Waals surface area (Å²) in [5.74, 6) is -0.600. The first kappa shape index (κ1) is 17.3. The Hall–Kier alpha value is -3.48. The first-order valence-corrected chi connectivity index (χ1v) is 7.97. The first-order chi connectivity index (χ1) is 12.5. The van der Waals surface area contributed by atoms with E-state index in [0.717, 1.165) is 5.56 Å². The number of H-pyrrole nitrogens is 1. The van der Waals surface area contributed by atoms with Crippen LogP contribution in [0.25, 0.3) is 11.0 Å². The van der Waals surface area contributed by atoms with Gasteiger partial charge in [0.2, 0.25) is 0 Å². The van der Waals surface area contributed by atoms with E-state index in [-0.39, 0.29) is 29.7 Å². The molecular formula is C19H17N3O4. The second-order valence-corrected chi connectivity index (χ2v) is 5.71. The minimum Gasteiger partial charge on any atom is -0.458 e. The Bertz CT molecular complexity index is 1100. The molecule has 26 heavy (non-hydrogen) atoms. The van der Waals surface area contributed by atoms with E-state index in [2.05, 4.69) is 16.5 Å². The van der Waals surface area contributed by atoms with E-state index in [4.69, 9.17) is 4.74 Å². The highest BCUT2D eigenvalue weighted by molar-refractivity contribution is 5.94. The van der Waals surface area contributed by atoms with Gasteiger partial charge in [-0.1, -0.05) is 43.0 Å². The van der Waals surface area contributed by atoms with Crippen molar-refractivity contribution in [2.45, 2.75) is 13.5 Å². The van der Waals surface area contributed by atoms with Crippen molar-refractivity contribution in [3.05, 3.63) is 86.7 Å². The molecule has 0 bridgehead atoms. The third-order valence-electron chi connectivity index (χ3n) is 3.89. The number of rotatable bonds is 5. The van der Waals surface area contributed by atoms with Crippen molar-refractivity contribution in [2.75, 3.05) is 6.61 Å². The number of aromatic amines is 1. The molecule has 0 saturated heterocycles.